The Hall–Kier alpha value is -0.900. The predicted molar refractivity (Wildman–Crippen MR) is 64.9 cm³/mol. The van der Waals surface area contributed by atoms with Gasteiger partial charge in [-0.05, 0) is 17.5 Å². The fourth-order valence-corrected chi connectivity index (χ4v) is 2.85. The predicted octanol–water partition coefficient (Wildman–Crippen LogP) is 0.691. The standard InChI is InChI=1S/C13H19N3/c14-6-10-2-1-3-11(4-10)7-16-8-12-5-13(9-16)15-12/h1-4,12-13,15H,5-9,14H2. The molecule has 0 saturated carbocycles. The molecule has 3 heterocycles. The van der Waals surface area contributed by atoms with E-state index in [4.69, 9.17) is 5.73 Å². The summed E-state index contributed by atoms with van der Waals surface area (Å²) in [6, 6.07) is 10.1. The summed E-state index contributed by atoms with van der Waals surface area (Å²) in [7, 11) is 0. The van der Waals surface area contributed by atoms with Crippen LogP contribution in [0.5, 0.6) is 0 Å². The smallest absolute Gasteiger partial charge is 0.0235 e. The molecule has 0 radical (unpaired) electrons. The maximum absolute atomic E-state index is 5.66. The van der Waals surface area contributed by atoms with Gasteiger partial charge in [0, 0.05) is 38.3 Å². The molecule has 2 bridgehead atoms. The van der Waals surface area contributed by atoms with Gasteiger partial charge in [0.05, 0.1) is 0 Å². The average Bonchev–Trinajstić information content (AvgIpc) is 2.28. The van der Waals surface area contributed by atoms with E-state index in [2.05, 4.69) is 34.5 Å². The van der Waals surface area contributed by atoms with Crippen LogP contribution in [0.2, 0.25) is 0 Å². The molecule has 0 amide bonds. The van der Waals surface area contributed by atoms with Crippen molar-refractivity contribution in [3.05, 3.63) is 35.4 Å². The van der Waals surface area contributed by atoms with Gasteiger partial charge >= 0.3 is 0 Å². The van der Waals surface area contributed by atoms with Crippen LogP contribution < -0.4 is 11.1 Å². The zero-order valence-electron chi connectivity index (χ0n) is 9.52. The van der Waals surface area contributed by atoms with Crippen molar-refractivity contribution in [2.24, 2.45) is 5.73 Å². The summed E-state index contributed by atoms with van der Waals surface area (Å²) >= 11 is 0. The van der Waals surface area contributed by atoms with Crippen molar-refractivity contribution in [2.45, 2.75) is 31.6 Å². The van der Waals surface area contributed by atoms with E-state index in [1.165, 1.54) is 30.6 Å². The topological polar surface area (TPSA) is 41.3 Å². The third-order valence-corrected chi connectivity index (χ3v) is 3.63. The minimum Gasteiger partial charge on any atom is -0.326 e. The van der Waals surface area contributed by atoms with Gasteiger partial charge in [-0.25, -0.2) is 0 Å². The molecule has 2 unspecified atom stereocenters. The molecule has 3 fully saturated rings. The summed E-state index contributed by atoms with van der Waals surface area (Å²) in [5, 5.41) is 3.56. The molecule has 3 N–H and O–H groups in total. The monoisotopic (exact) mass is 217 g/mol. The van der Waals surface area contributed by atoms with Crippen molar-refractivity contribution < 1.29 is 0 Å². The molecule has 1 aromatic rings. The Bertz CT molecular complexity index is 361. The highest BCUT2D eigenvalue weighted by atomic mass is 15.3. The molecule has 0 spiro atoms. The Morgan fingerprint density at radius 2 is 1.94 bits per heavy atom. The Kier molecular flexibility index (Phi) is 2.67. The lowest BCUT2D eigenvalue weighted by atomic mass is 9.91. The van der Waals surface area contributed by atoms with Gasteiger partial charge in [0.1, 0.15) is 0 Å². The summed E-state index contributed by atoms with van der Waals surface area (Å²) in [5.41, 5.74) is 8.28. The average molecular weight is 217 g/mol. The summed E-state index contributed by atoms with van der Waals surface area (Å²) in [5.74, 6) is 0. The van der Waals surface area contributed by atoms with E-state index in [9.17, 15) is 0 Å². The van der Waals surface area contributed by atoms with Gasteiger partial charge in [-0.3, -0.25) is 4.90 Å². The zero-order valence-corrected chi connectivity index (χ0v) is 9.52. The van der Waals surface area contributed by atoms with Crippen LogP contribution in [0.1, 0.15) is 17.5 Å². The van der Waals surface area contributed by atoms with E-state index in [-0.39, 0.29) is 0 Å². The first kappa shape index (κ1) is 10.3. The highest BCUT2D eigenvalue weighted by Gasteiger charge is 2.35. The van der Waals surface area contributed by atoms with Gasteiger partial charge < -0.3 is 11.1 Å². The number of rotatable bonds is 3. The molecule has 16 heavy (non-hydrogen) atoms. The second kappa shape index (κ2) is 4.17. The van der Waals surface area contributed by atoms with Crippen molar-refractivity contribution >= 4 is 0 Å². The van der Waals surface area contributed by atoms with Crippen molar-refractivity contribution in [1.82, 2.24) is 10.2 Å². The number of piperidine rings is 1. The second-order valence-corrected chi connectivity index (χ2v) is 5.01. The first-order valence-electron chi connectivity index (χ1n) is 6.10. The largest absolute Gasteiger partial charge is 0.326 e. The number of hydrogen-bond acceptors (Lipinski definition) is 3. The number of benzene rings is 1. The number of nitrogens with one attached hydrogen (secondary N) is 1. The fourth-order valence-electron chi connectivity index (χ4n) is 2.85. The molecular formula is C13H19N3. The van der Waals surface area contributed by atoms with Gasteiger partial charge in [0.15, 0.2) is 0 Å². The van der Waals surface area contributed by atoms with Crippen molar-refractivity contribution in [2.75, 3.05) is 13.1 Å². The molecule has 3 nitrogen and oxygen atoms in total. The van der Waals surface area contributed by atoms with E-state index < -0.39 is 0 Å². The van der Waals surface area contributed by atoms with Gasteiger partial charge in [0.2, 0.25) is 0 Å². The molecule has 4 rings (SSSR count). The molecule has 2 atom stereocenters. The maximum atomic E-state index is 5.66. The molecule has 0 aromatic heterocycles. The van der Waals surface area contributed by atoms with Gasteiger partial charge in [-0.2, -0.15) is 0 Å². The SMILES string of the molecule is NCc1cccc(CN2CC3CC(C2)N3)c1. The van der Waals surface area contributed by atoms with Crippen LogP contribution in [0.4, 0.5) is 0 Å². The number of piperazine rings is 1. The molecule has 3 heteroatoms. The van der Waals surface area contributed by atoms with Crippen LogP contribution in [-0.2, 0) is 13.1 Å². The van der Waals surface area contributed by atoms with E-state index in [0.717, 1.165) is 18.6 Å². The van der Waals surface area contributed by atoms with Crippen LogP contribution in [0.15, 0.2) is 24.3 Å². The Morgan fingerprint density at radius 3 is 2.62 bits per heavy atom. The summed E-state index contributed by atoms with van der Waals surface area (Å²) < 4.78 is 0. The van der Waals surface area contributed by atoms with Crippen LogP contribution in [-0.4, -0.2) is 30.1 Å². The van der Waals surface area contributed by atoms with Crippen molar-refractivity contribution in [3.8, 4) is 0 Å². The molecule has 1 aromatic carbocycles. The Balaban J connectivity index is 1.64. The lowest BCUT2D eigenvalue weighted by Crippen LogP contribution is -2.66. The number of nitrogens with zero attached hydrogens (tertiary/aromatic N) is 1. The van der Waals surface area contributed by atoms with Gasteiger partial charge in [-0.15, -0.1) is 0 Å². The lowest BCUT2D eigenvalue weighted by Gasteiger charge is -2.48. The highest BCUT2D eigenvalue weighted by molar-refractivity contribution is 5.23. The van der Waals surface area contributed by atoms with Gasteiger partial charge in [-0.1, -0.05) is 24.3 Å². The third kappa shape index (κ3) is 1.98. The molecule has 3 aliphatic heterocycles. The fraction of sp³-hybridized carbons (Fsp3) is 0.538. The first-order chi connectivity index (χ1) is 7.83. The van der Waals surface area contributed by atoms with E-state index in [1.807, 2.05) is 0 Å². The van der Waals surface area contributed by atoms with Crippen LogP contribution >= 0.6 is 0 Å². The molecule has 3 saturated heterocycles. The summed E-state index contributed by atoms with van der Waals surface area (Å²) in [4.78, 5) is 2.55. The highest BCUT2D eigenvalue weighted by Crippen LogP contribution is 2.22. The zero-order chi connectivity index (χ0) is 11.0. The van der Waals surface area contributed by atoms with Crippen molar-refractivity contribution in [3.63, 3.8) is 0 Å². The Labute approximate surface area is 96.6 Å². The molecule has 86 valence electrons. The maximum Gasteiger partial charge on any atom is 0.0235 e. The second-order valence-electron chi connectivity index (χ2n) is 5.01. The number of fused-ring (bicyclic) bond motifs is 2. The van der Waals surface area contributed by atoms with E-state index >= 15 is 0 Å². The van der Waals surface area contributed by atoms with Gasteiger partial charge in [0.25, 0.3) is 0 Å². The lowest BCUT2D eigenvalue weighted by molar-refractivity contribution is 0.0726. The Morgan fingerprint density at radius 1 is 1.25 bits per heavy atom. The first-order valence-corrected chi connectivity index (χ1v) is 6.10. The third-order valence-electron chi connectivity index (χ3n) is 3.63. The molecule has 3 aliphatic rings. The normalized spacial score (nSPS) is 28.8. The van der Waals surface area contributed by atoms with Crippen LogP contribution in [0.3, 0.4) is 0 Å². The number of hydrogen-bond donors (Lipinski definition) is 2. The molecular weight excluding hydrogens is 198 g/mol. The van der Waals surface area contributed by atoms with E-state index in [0.29, 0.717) is 6.54 Å². The van der Waals surface area contributed by atoms with Crippen LogP contribution in [0, 0.1) is 0 Å². The summed E-state index contributed by atoms with van der Waals surface area (Å²) in [6.07, 6.45) is 1.37. The quantitative estimate of drug-likeness (QED) is 0.783. The minimum atomic E-state index is 0.640. The van der Waals surface area contributed by atoms with Crippen molar-refractivity contribution in [1.29, 1.82) is 0 Å². The van der Waals surface area contributed by atoms with E-state index in [1.54, 1.807) is 0 Å². The summed E-state index contributed by atoms with van der Waals surface area (Å²) in [6.45, 7) is 4.11. The number of nitrogens with two attached hydrogens (primary N) is 1. The minimum absolute atomic E-state index is 0.640. The van der Waals surface area contributed by atoms with Crippen LogP contribution in [0.25, 0.3) is 0 Å². The molecule has 0 aliphatic carbocycles.